The molecule has 35 heavy (non-hydrogen) atoms. The van der Waals surface area contributed by atoms with Gasteiger partial charge in [0, 0.05) is 43.3 Å². The van der Waals surface area contributed by atoms with Crippen molar-refractivity contribution in [3.63, 3.8) is 0 Å². The number of carbonyl (C=O) groups is 3. The van der Waals surface area contributed by atoms with Crippen molar-refractivity contribution in [3.8, 4) is 5.69 Å². The zero-order chi connectivity index (χ0) is 25.8. The number of urea groups is 1. The molecule has 190 valence electrons. The summed E-state index contributed by atoms with van der Waals surface area (Å²) in [7, 11) is 0. The number of nitrogens with zero attached hydrogens (tertiary/aromatic N) is 2. The first-order valence-electron chi connectivity index (χ1n) is 11.8. The first-order chi connectivity index (χ1) is 16.4. The zero-order valence-corrected chi connectivity index (χ0v) is 20.9. The van der Waals surface area contributed by atoms with Gasteiger partial charge < -0.3 is 30.2 Å². The lowest BCUT2D eigenvalue weighted by molar-refractivity contribution is 0.0185. The van der Waals surface area contributed by atoms with Gasteiger partial charge >= 0.3 is 12.1 Å². The number of hydrogen-bond donors (Lipinski definition) is 3. The van der Waals surface area contributed by atoms with Crippen molar-refractivity contribution >= 4 is 23.7 Å². The van der Waals surface area contributed by atoms with Crippen molar-refractivity contribution in [3.05, 3.63) is 48.0 Å². The van der Waals surface area contributed by atoms with Crippen LogP contribution in [0.25, 0.3) is 5.69 Å². The van der Waals surface area contributed by atoms with Crippen LogP contribution in [-0.2, 0) is 4.74 Å². The standard InChI is InChI=1S/C25H34FN5O4/c1-16(2)27-23(33)29-21-15-31(19-10-6-8-17(26)12-19)14-20(21)22(32)28-18-9-7-11-30(13-18)24(34)35-25(3,4)5/h6,8,10,12,14-16,18H,7,9,11,13H2,1-5H3,(H,28,32)(H2,27,29,33)/t18-/m0/s1. The third-order valence-electron chi connectivity index (χ3n) is 5.25. The van der Waals surface area contributed by atoms with Gasteiger partial charge in [-0.05, 0) is 65.7 Å². The number of piperidine rings is 1. The fourth-order valence-electron chi connectivity index (χ4n) is 3.79. The van der Waals surface area contributed by atoms with E-state index in [1.165, 1.54) is 12.1 Å². The van der Waals surface area contributed by atoms with Crippen LogP contribution in [0.3, 0.4) is 0 Å². The van der Waals surface area contributed by atoms with Crippen molar-refractivity contribution in [1.29, 1.82) is 0 Å². The Morgan fingerprint density at radius 3 is 2.57 bits per heavy atom. The molecule has 0 bridgehead atoms. The Labute approximate surface area is 205 Å². The Kier molecular flexibility index (Phi) is 8.03. The average molecular weight is 488 g/mol. The molecule has 4 amide bonds. The Morgan fingerprint density at radius 2 is 1.91 bits per heavy atom. The maximum Gasteiger partial charge on any atom is 0.410 e. The van der Waals surface area contributed by atoms with Gasteiger partial charge in [0.15, 0.2) is 0 Å². The van der Waals surface area contributed by atoms with Crippen LogP contribution in [0.4, 0.5) is 19.7 Å². The predicted molar refractivity (Wildman–Crippen MR) is 131 cm³/mol. The molecule has 2 heterocycles. The van der Waals surface area contributed by atoms with E-state index in [1.807, 2.05) is 13.8 Å². The quantitative estimate of drug-likeness (QED) is 0.586. The Bertz CT molecular complexity index is 1080. The number of halogens is 1. The molecule has 1 fully saturated rings. The average Bonchev–Trinajstić information content (AvgIpc) is 3.16. The summed E-state index contributed by atoms with van der Waals surface area (Å²) < 4.78 is 20.8. The summed E-state index contributed by atoms with van der Waals surface area (Å²) in [5, 5.41) is 8.40. The van der Waals surface area contributed by atoms with Gasteiger partial charge in [-0.3, -0.25) is 4.79 Å². The summed E-state index contributed by atoms with van der Waals surface area (Å²) in [5.41, 5.74) is 0.405. The van der Waals surface area contributed by atoms with Crippen LogP contribution < -0.4 is 16.0 Å². The van der Waals surface area contributed by atoms with Gasteiger partial charge in [-0.1, -0.05) is 6.07 Å². The number of hydrogen-bond acceptors (Lipinski definition) is 4. The fraction of sp³-hybridized carbons (Fsp3) is 0.480. The normalized spacial score (nSPS) is 16.1. The molecule has 3 N–H and O–H groups in total. The molecular formula is C25H34FN5O4. The maximum atomic E-state index is 13.8. The highest BCUT2D eigenvalue weighted by molar-refractivity contribution is 6.03. The van der Waals surface area contributed by atoms with Crippen molar-refractivity contribution in [1.82, 2.24) is 20.1 Å². The molecule has 1 aromatic carbocycles. The minimum atomic E-state index is -0.607. The number of aromatic nitrogens is 1. The van der Waals surface area contributed by atoms with Crippen LogP contribution in [0.1, 0.15) is 57.8 Å². The first kappa shape index (κ1) is 26.1. The molecule has 1 atom stereocenters. The Morgan fingerprint density at radius 1 is 1.17 bits per heavy atom. The van der Waals surface area contributed by atoms with Crippen molar-refractivity contribution in [2.75, 3.05) is 18.4 Å². The molecule has 0 radical (unpaired) electrons. The van der Waals surface area contributed by atoms with Gasteiger partial charge in [-0.2, -0.15) is 0 Å². The molecule has 1 aliphatic rings. The highest BCUT2D eigenvalue weighted by atomic mass is 19.1. The second-order valence-corrected chi connectivity index (χ2v) is 9.96. The molecule has 0 spiro atoms. The molecule has 0 saturated carbocycles. The SMILES string of the molecule is CC(C)NC(=O)Nc1cn(-c2cccc(F)c2)cc1C(=O)N[C@H]1CCCN(C(=O)OC(C)(C)C)C1. The zero-order valence-electron chi connectivity index (χ0n) is 20.9. The lowest BCUT2D eigenvalue weighted by atomic mass is 10.1. The number of amides is 4. The Hall–Kier alpha value is -3.56. The topological polar surface area (TPSA) is 105 Å². The number of benzene rings is 1. The minimum Gasteiger partial charge on any atom is -0.444 e. The summed E-state index contributed by atoms with van der Waals surface area (Å²) >= 11 is 0. The van der Waals surface area contributed by atoms with E-state index in [9.17, 15) is 18.8 Å². The number of likely N-dealkylation sites (tertiary alicyclic amines) is 1. The molecular weight excluding hydrogens is 453 g/mol. The van der Waals surface area contributed by atoms with E-state index < -0.39 is 29.4 Å². The van der Waals surface area contributed by atoms with Crippen LogP contribution in [0, 0.1) is 5.82 Å². The number of carbonyl (C=O) groups excluding carboxylic acids is 3. The van der Waals surface area contributed by atoms with Gasteiger partial charge in [0.25, 0.3) is 5.91 Å². The third-order valence-corrected chi connectivity index (χ3v) is 5.25. The summed E-state index contributed by atoms with van der Waals surface area (Å²) in [5.74, 6) is -0.824. The summed E-state index contributed by atoms with van der Waals surface area (Å²) in [6.45, 7) is 9.94. The van der Waals surface area contributed by atoms with Crippen LogP contribution in [-0.4, -0.2) is 58.3 Å². The summed E-state index contributed by atoms with van der Waals surface area (Å²) in [6, 6.07) is 5.09. The van der Waals surface area contributed by atoms with Gasteiger partial charge in [0.2, 0.25) is 0 Å². The Balaban J connectivity index is 1.79. The summed E-state index contributed by atoms with van der Waals surface area (Å²) in [6.07, 6.45) is 4.12. The first-order valence-corrected chi connectivity index (χ1v) is 11.8. The number of rotatable bonds is 5. The number of nitrogens with one attached hydrogen (secondary N) is 3. The van der Waals surface area contributed by atoms with Gasteiger partial charge in [0.1, 0.15) is 11.4 Å². The molecule has 9 nitrogen and oxygen atoms in total. The molecule has 1 aromatic heterocycles. The van der Waals surface area contributed by atoms with Gasteiger partial charge in [-0.15, -0.1) is 0 Å². The van der Waals surface area contributed by atoms with E-state index >= 15 is 0 Å². The molecule has 2 aromatic rings. The second kappa shape index (κ2) is 10.8. The van der Waals surface area contributed by atoms with Gasteiger partial charge in [0.05, 0.1) is 11.3 Å². The van der Waals surface area contributed by atoms with E-state index in [-0.39, 0.29) is 23.3 Å². The lowest BCUT2D eigenvalue weighted by Crippen LogP contribution is -2.50. The molecule has 0 unspecified atom stereocenters. The van der Waals surface area contributed by atoms with E-state index in [0.717, 1.165) is 6.42 Å². The highest BCUT2D eigenvalue weighted by Crippen LogP contribution is 2.23. The number of anilines is 1. The largest absolute Gasteiger partial charge is 0.444 e. The molecule has 3 rings (SSSR count). The van der Waals surface area contributed by atoms with E-state index in [4.69, 9.17) is 4.74 Å². The third kappa shape index (κ3) is 7.46. The summed E-state index contributed by atoms with van der Waals surface area (Å²) in [4.78, 5) is 39.6. The smallest absolute Gasteiger partial charge is 0.410 e. The van der Waals surface area contributed by atoms with Crippen LogP contribution in [0.15, 0.2) is 36.7 Å². The van der Waals surface area contributed by atoms with Crippen molar-refractivity contribution < 1.29 is 23.5 Å². The lowest BCUT2D eigenvalue weighted by Gasteiger charge is -2.34. The maximum absolute atomic E-state index is 13.8. The van der Waals surface area contributed by atoms with Gasteiger partial charge in [-0.25, -0.2) is 14.0 Å². The molecule has 1 saturated heterocycles. The van der Waals surface area contributed by atoms with E-state index in [1.54, 1.807) is 54.8 Å². The highest BCUT2D eigenvalue weighted by Gasteiger charge is 2.29. The van der Waals surface area contributed by atoms with Crippen LogP contribution >= 0.6 is 0 Å². The molecule has 1 aliphatic heterocycles. The van der Waals surface area contributed by atoms with E-state index in [0.29, 0.717) is 25.2 Å². The van der Waals surface area contributed by atoms with Crippen molar-refractivity contribution in [2.24, 2.45) is 0 Å². The minimum absolute atomic E-state index is 0.0985. The number of ether oxygens (including phenoxy) is 1. The monoisotopic (exact) mass is 487 g/mol. The molecule has 0 aliphatic carbocycles. The molecule has 10 heteroatoms. The van der Waals surface area contributed by atoms with E-state index in [2.05, 4.69) is 16.0 Å². The van der Waals surface area contributed by atoms with Crippen molar-refractivity contribution in [2.45, 2.75) is 65.1 Å². The predicted octanol–water partition coefficient (Wildman–Crippen LogP) is 4.28. The fourth-order valence-corrected chi connectivity index (χ4v) is 3.79. The van der Waals surface area contributed by atoms with Crippen LogP contribution in [0.5, 0.6) is 0 Å². The second-order valence-electron chi connectivity index (χ2n) is 9.96. The van der Waals surface area contributed by atoms with Crippen LogP contribution in [0.2, 0.25) is 0 Å².